The van der Waals surface area contributed by atoms with Crippen molar-refractivity contribution in [3.8, 4) is 11.8 Å². The van der Waals surface area contributed by atoms with Gasteiger partial charge in [-0.25, -0.2) is 13.4 Å². The largest absolute Gasteiger partial charge is 0.245 e. The zero-order valence-electron chi connectivity index (χ0n) is 10.3. The predicted octanol–water partition coefficient (Wildman–Crippen LogP) is 2.66. The lowest BCUT2D eigenvalue weighted by Crippen LogP contribution is -2.17. The molecule has 0 aliphatic rings. The van der Waals surface area contributed by atoms with Crippen molar-refractivity contribution in [1.29, 1.82) is 0 Å². The van der Waals surface area contributed by atoms with E-state index in [1.165, 1.54) is 12.3 Å². The van der Waals surface area contributed by atoms with Gasteiger partial charge < -0.3 is 0 Å². The summed E-state index contributed by atoms with van der Waals surface area (Å²) in [6.45, 7) is 1.58. The van der Waals surface area contributed by atoms with Crippen LogP contribution in [0.3, 0.4) is 0 Å². The average Bonchev–Trinajstić information content (AvgIpc) is 2.39. The fourth-order valence-corrected chi connectivity index (χ4v) is 2.56. The van der Waals surface area contributed by atoms with E-state index in [1.54, 1.807) is 19.1 Å². The minimum atomic E-state index is -3.44. The number of sulfone groups is 1. The van der Waals surface area contributed by atoms with Gasteiger partial charge in [0.1, 0.15) is 5.25 Å². The van der Waals surface area contributed by atoms with Crippen LogP contribution in [0.4, 0.5) is 0 Å². The highest BCUT2D eigenvalue weighted by atomic mass is 35.5. The molecule has 0 fully saturated rings. The van der Waals surface area contributed by atoms with Crippen LogP contribution in [0.1, 0.15) is 26.2 Å². The Labute approximate surface area is 113 Å². The zero-order chi connectivity index (χ0) is 13.4. The van der Waals surface area contributed by atoms with Crippen LogP contribution < -0.4 is 0 Å². The van der Waals surface area contributed by atoms with Crippen molar-refractivity contribution in [2.75, 3.05) is 5.88 Å². The van der Waals surface area contributed by atoms with E-state index in [9.17, 15) is 8.42 Å². The molecule has 0 aliphatic heterocycles. The standard InChI is InChI=1S/C13H16ClNO2S/c1-12(8-4-2-3-6-10-14)18(16,17)13-9-5-7-11-15-13/h5,7,9,11-12H,2-3,6,10H2,1H3. The Morgan fingerprint density at radius 1 is 1.39 bits per heavy atom. The highest BCUT2D eigenvalue weighted by molar-refractivity contribution is 7.92. The van der Waals surface area contributed by atoms with Gasteiger partial charge in [0.25, 0.3) is 0 Å². The summed E-state index contributed by atoms with van der Waals surface area (Å²) in [4.78, 5) is 3.86. The number of hydrogen-bond acceptors (Lipinski definition) is 3. The maximum absolute atomic E-state index is 12.1. The van der Waals surface area contributed by atoms with Crippen molar-refractivity contribution in [2.24, 2.45) is 0 Å². The summed E-state index contributed by atoms with van der Waals surface area (Å²) in [5.41, 5.74) is 0. The van der Waals surface area contributed by atoms with Crippen LogP contribution in [0.15, 0.2) is 29.4 Å². The Bertz CT molecular complexity index is 517. The molecule has 1 rings (SSSR count). The first-order valence-electron chi connectivity index (χ1n) is 5.78. The SMILES string of the molecule is CC(C#CCCCCCl)S(=O)(=O)c1ccccn1. The van der Waals surface area contributed by atoms with Gasteiger partial charge in [0, 0.05) is 18.5 Å². The zero-order valence-corrected chi connectivity index (χ0v) is 11.8. The second kappa shape index (κ2) is 7.40. The summed E-state index contributed by atoms with van der Waals surface area (Å²) in [7, 11) is -3.44. The van der Waals surface area contributed by atoms with Gasteiger partial charge in [0.05, 0.1) is 0 Å². The number of halogens is 1. The topological polar surface area (TPSA) is 47.0 Å². The highest BCUT2D eigenvalue weighted by Crippen LogP contribution is 2.12. The number of alkyl halides is 1. The predicted molar refractivity (Wildman–Crippen MR) is 73.2 cm³/mol. The van der Waals surface area contributed by atoms with E-state index in [1.807, 2.05) is 0 Å². The Morgan fingerprint density at radius 2 is 2.17 bits per heavy atom. The maximum atomic E-state index is 12.1. The van der Waals surface area contributed by atoms with Crippen molar-refractivity contribution in [3.05, 3.63) is 24.4 Å². The summed E-state index contributed by atoms with van der Waals surface area (Å²) < 4.78 is 24.1. The number of hydrogen-bond donors (Lipinski definition) is 0. The molecular weight excluding hydrogens is 270 g/mol. The second-order valence-corrected chi connectivity index (χ2v) is 6.42. The van der Waals surface area contributed by atoms with E-state index < -0.39 is 15.1 Å². The Hall–Kier alpha value is -1.05. The molecule has 0 bridgehead atoms. The number of pyridine rings is 1. The Balaban J connectivity index is 2.69. The van der Waals surface area contributed by atoms with Crippen molar-refractivity contribution in [1.82, 2.24) is 4.98 Å². The minimum Gasteiger partial charge on any atom is -0.245 e. The van der Waals surface area contributed by atoms with Crippen molar-refractivity contribution in [3.63, 3.8) is 0 Å². The van der Waals surface area contributed by atoms with Gasteiger partial charge in [-0.2, -0.15) is 0 Å². The molecule has 1 unspecified atom stereocenters. The van der Waals surface area contributed by atoms with Crippen LogP contribution in [0.25, 0.3) is 0 Å². The molecule has 0 saturated heterocycles. The molecule has 18 heavy (non-hydrogen) atoms. The molecule has 5 heteroatoms. The second-order valence-electron chi connectivity index (χ2n) is 3.82. The molecule has 1 atom stereocenters. The van der Waals surface area contributed by atoms with Gasteiger partial charge in [-0.05, 0) is 31.9 Å². The lowest BCUT2D eigenvalue weighted by Gasteiger charge is -2.05. The lowest BCUT2D eigenvalue weighted by atomic mass is 10.2. The molecule has 1 heterocycles. The highest BCUT2D eigenvalue weighted by Gasteiger charge is 2.22. The number of nitrogens with zero attached hydrogens (tertiary/aromatic N) is 1. The van der Waals surface area contributed by atoms with Crippen molar-refractivity contribution in [2.45, 2.75) is 36.5 Å². The van der Waals surface area contributed by atoms with Crippen LogP contribution in [-0.4, -0.2) is 24.5 Å². The average molecular weight is 286 g/mol. The first kappa shape index (κ1) is 15.0. The molecule has 98 valence electrons. The minimum absolute atomic E-state index is 0.0764. The molecule has 1 aromatic rings. The Morgan fingerprint density at radius 3 is 2.78 bits per heavy atom. The van der Waals surface area contributed by atoms with E-state index >= 15 is 0 Å². The molecule has 3 nitrogen and oxygen atoms in total. The van der Waals surface area contributed by atoms with Crippen molar-refractivity contribution < 1.29 is 8.42 Å². The molecule has 1 aromatic heterocycles. The number of rotatable bonds is 5. The van der Waals surface area contributed by atoms with Gasteiger partial charge in [-0.3, -0.25) is 0 Å². The van der Waals surface area contributed by atoms with Crippen LogP contribution in [0.2, 0.25) is 0 Å². The fourth-order valence-electron chi connectivity index (χ4n) is 1.30. The summed E-state index contributed by atoms with van der Waals surface area (Å²) in [5, 5.41) is -0.657. The maximum Gasteiger partial charge on any atom is 0.209 e. The molecule has 0 aromatic carbocycles. The van der Waals surface area contributed by atoms with Gasteiger partial charge in [-0.1, -0.05) is 12.0 Å². The smallest absolute Gasteiger partial charge is 0.209 e. The van der Waals surface area contributed by atoms with Crippen LogP contribution in [0.5, 0.6) is 0 Å². The molecule has 0 amide bonds. The molecule has 0 saturated carbocycles. The molecule has 0 N–H and O–H groups in total. The third-order valence-electron chi connectivity index (χ3n) is 2.39. The number of aromatic nitrogens is 1. The van der Waals surface area contributed by atoms with E-state index in [-0.39, 0.29) is 5.03 Å². The van der Waals surface area contributed by atoms with E-state index in [0.29, 0.717) is 12.3 Å². The van der Waals surface area contributed by atoms with Gasteiger partial charge in [-0.15, -0.1) is 17.5 Å². The first-order chi connectivity index (χ1) is 8.59. The van der Waals surface area contributed by atoms with Crippen LogP contribution in [-0.2, 0) is 9.84 Å². The van der Waals surface area contributed by atoms with Crippen molar-refractivity contribution >= 4 is 21.4 Å². The molecule has 0 spiro atoms. The van der Waals surface area contributed by atoms with Gasteiger partial charge >= 0.3 is 0 Å². The molecule has 0 radical (unpaired) electrons. The number of unbranched alkanes of at least 4 members (excludes halogenated alkanes) is 2. The third kappa shape index (κ3) is 4.32. The van der Waals surface area contributed by atoms with E-state index in [2.05, 4.69) is 16.8 Å². The summed E-state index contributed by atoms with van der Waals surface area (Å²) >= 11 is 5.54. The lowest BCUT2D eigenvalue weighted by molar-refractivity contribution is 0.588. The van der Waals surface area contributed by atoms with Gasteiger partial charge in [0.2, 0.25) is 9.84 Å². The molecule has 0 aliphatic carbocycles. The normalized spacial score (nSPS) is 12.6. The third-order valence-corrected chi connectivity index (χ3v) is 4.53. The van der Waals surface area contributed by atoms with E-state index in [4.69, 9.17) is 11.6 Å². The monoisotopic (exact) mass is 285 g/mol. The molecular formula is C13H16ClNO2S. The Kier molecular flexibility index (Phi) is 6.17. The first-order valence-corrected chi connectivity index (χ1v) is 7.86. The van der Waals surface area contributed by atoms with Gasteiger partial charge in [0.15, 0.2) is 5.03 Å². The summed E-state index contributed by atoms with van der Waals surface area (Å²) in [6, 6.07) is 4.82. The summed E-state index contributed by atoms with van der Waals surface area (Å²) in [6.07, 6.45) is 3.94. The van der Waals surface area contributed by atoms with Crippen LogP contribution >= 0.6 is 11.6 Å². The quantitative estimate of drug-likeness (QED) is 0.475. The van der Waals surface area contributed by atoms with Crippen LogP contribution in [0, 0.1) is 11.8 Å². The fraction of sp³-hybridized carbons (Fsp3) is 0.462. The summed E-state index contributed by atoms with van der Waals surface area (Å²) in [5.74, 6) is 6.25. The van der Waals surface area contributed by atoms with E-state index in [0.717, 1.165) is 12.8 Å².